The Balaban J connectivity index is 2.43. The third-order valence-corrected chi connectivity index (χ3v) is 3.00. The van der Waals surface area contributed by atoms with Gasteiger partial charge in [-0.25, -0.2) is 4.79 Å². The van der Waals surface area contributed by atoms with Crippen molar-refractivity contribution in [1.82, 2.24) is 10.2 Å². The van der Waals surface area contributed by atoms with Crippen molar-refractivity contribution < 1.29 is 19.4 Å². The average molecular weight is 244 g/mol. The monoisotopic (exact) mass is 244 g/mol. The number of nitrogens with zero attached hydrogens (tertiary/aromatic N) is 1. The predicted molar refractivity (Wildman–Crippen MR) is 61.8 cm³/mol. The van der Waals surface area contributed by atoms with E-state index in [0.29, 0.717) is 6.61 Å². The fourth-order valence-corrected chi connectivity index (χ4v) is 2.01. The molecule has 1 aliphatic heterocycles. The number of urea groups is 1. The number of carbonyl (C=O) groups excluding carboxylic acids is 1. The molecule has 98 valence electrons. The summed E-state index contributed by atoms with van der Waals surface area (Å²) >= 11 is 0. The lowest BCUT2D eigenvalue weighted by Gasteiger charge is -2.28. The van der Waals surface area contributed by atoms with Gasteiger partial charge in [-0.05, 0) is 20.3 Å². The van der Waals surface area contributed by atoms with E-state index in [-0.39, 0.29) is 30.6 Å². The zero-order valence-electron chi connectivity index (χ0n) is 10.5. The van der Waals surface area contributed by atoms with Crippen molar-refractivity contribution in [3.05, 3.63) is 0 Å². The number of rotatable bonds is 4. The van der Waals surface area contributed by atoms with Gasteiger partial charge in [0.1, 0.15) is 0 Å². The van der Waals surface area contributed by atoms with Gasteiger partial charge in [-0.1, -0.05) is 0 Å². The van der Waals surface area contributed by atoms with Crippen molar-refractivity contribution in [2.24, 2.45) is 0 Å². The maximum absolute atomic E-state index is 11.8. The number of hydrogen-bond acceptors (Lipinski definition) is 3. The lowest BCUT2D eigenvalue weighted by Crippen LogP contribution is -2.49. The van der Waals surface area contributed by atoms with Crippen LogP contribution < -0.4 is 5.32 Å². The first kappa shape index (κ1) is 13.8. The first-order valence-electron chi connectivity index (χ1n) is 5.78. The Bertz CT molecular complexity index is 295. The van der Waals surface area contributed by atoms with Crippen LogP contribution in [-0.4, -0.2) is 53.8 Å². The molecular formula is C11H20N2O4. The fraction of sp³-hybridized carbons (Fsp3) is 0.818. The van der Waals surface area contributed by atoms with Crippen molar-refractivity contribution in [2.45, 2.75) is 44.9 Å². The van der Waals surface area contributed by atoms with Gasteiger partial charge in [-0.15, -0.1) is 0 Å². The highest BCUT2D eigenvalue weighted by molar-refractivity contribution is 5.76. The van der Waals surface area contributed by atoms with Crippen LogP contribution in [0.1, 0.15) is 26.7 Å². The number of hydrogen-bond donors (Lipinski definition) is 2. The van der Waals surface area contributed by atoms with Gasteiger partial charge in [0, 0.05) is 19.7 Å². The number of carboxylic acid groups (broad SMARTS) is 1. The lowest BCUT2D eigenvalue weighted by molar-refractivity contribution is -0.137. The fourth-order valence-electron chi connectivity index (χ4n) is 2.01. The molecule has 6 nitrogen and oxygen atoms in total. The largest absolute Gasteiger partial charge is 0.481 e. The predicted octanol–water partition coefficient (Wildman–Crippen LogP) is 0.668. The number of ether oxygens (including phenoxy) is 1. The summed E-state index contributed by atoms with van der Waals surface area (Å²) in [5, 5.41) is 11.3. The molecule has 0 saturated carbocycles. The summed E-state index contributed by atoms with van der Waals surface area (Å²) in [6.07, 6.45) is 0.773. The summed E-state index contributed by atoms with van der Waals surface area (Å²) in [6.45, 7) is 4.27. The van der Waals surface area contributed by atoms with Gasteiger partial charge in [-0.3, -0.25) is 4.79 Å². The highest BCUT2D eigenvalue weighted by Crippen LogP contribution is 2.18. The van der Waals surface area contributed by atoms with E-state index in [4.69, 9.17) is 9.84 Å². The number of carboxylic acids is 1. The zero-order valence-corrected chi connectivity index (χ0v) is 10.5. The Morgan fingerprint density at radius 3 is 2.71 bits per heavy atom. The molecule has 6 heteroatoms. The standard InChI is InChI=1S/C11H20N2O4/c1-7(6-10(14)15)12-11(16)13(3)9-4-5-17-8(9)2/h7-9H,4-6H2,1-3H3,(H,12,16)(H,14,15). The average Bonchev–Trinajstić information content (AvgIpc) is 2.61. The minimum absolute atomic E-state index is 0.0283. The minimum Gasteiger partial charge on any atom is -0.481 e. The van der Waals surface area contributed by atoms with Crippen molar-refractivity contribution >= 4 is 12.0 Å². The van der Waals surface area contributed by atoms with E-state index in [1.807, 2.05) is 6.92 Å². The Hall–Kier alpha value is -1.30. The Morgan fingerprint density at radius 2 is 2.24 bits per heavy atom. The van der Waals surface area contributed by atoms with E-state index in [1.54, 1.807) is 18.9 Å². The number of aliphatic carboxylic acids is 1. The summed E-state index contributed by atoms with van der Waals surface area (Å²) in [5.41, 5.74) is 0. The molecule has 0 radical (unpaired) electrons. The second-order valence-electron chi connectivity index (χ2n) is 4.49. The zero-order chi connectivity index (χ0) is 13.0. The first-order chi connectivity index (χ1) is 7.91. The first-order valence-corrected chi connectivity index (χ1v) is 5.78. The molecule has 3 unspecified atom stereocenters. The van der Waals surface area contributed by atoms with Gasteiger partial charge in [0.2, 0.25) is 0 Å². The molecule has 0 aliphatic carbocycles. The number of nitrogens with one attached hydrogen (secondary N) is 1. The van der Waals surface area contributed by atoms with E-state index < -0.39 is 5.97 Å². The maximum Gasteiger partial charge on any atom is 0.317 e. The second-order valence-corrected chi connectivity index (χ2v) is 4.49. The van der Waals surface area contributed by atoms with Crippen LogP contribution >= 0.6 is 0 Å². The van der Waals surface area contributed by atoms with Crippen molar-refractivity contribution in [1.29, 1.82) is 0 Å². The Morgan fingerprint density at radius 1 is 1.59 bits per heavy atom. The van der Waals surface area contributed by atoms with Crippen molar-refractivity contribution in [2.75, 3.05) is 13.7 Å². The Labute approximate surface area is 101 Å². The summed E-state index contributed by atoms with van der Waals surface area (Å²) in [6, 6.07) is -0.562. The Kier molecular flexibility index (Phi) is 4.74. The molecule has 2 amide bonds. The normalized spacial score (nSPS) is 25.4. The number of likely N-dealkylation sites (N-methyl/N-ethyl adjacent to an activating group) is 1. The van der Waals surface area contributed by atoms with Crippen LogP contribution in [0, 0.1) is 0 Å². The third-order valence-electron chi connectivity index (χ3n) is 3.00. The molecule has 0 aromatic rings. The molecule has 0 spiro atoms. The summed E-state index contributed by atoms with van der Waals surface area (Å²) in [5.74, 6) is -0.918. The van der Waals surface area contributed by atoms with Crippen LogP contribution in [0.25, 0.3) is 0 Å². The van der Waals surface area contributed by atoms with E-state index in [2.05, 4.69) is 5.32 Å². The van der Waals surface area contributed by atoms with Crippen LogP contribution in [0.4, 0.5) is 4.79 Å². The molecule has 0 aromatic heterocycles. The van der Waals surface area contributed by atoms with Crippen LogP contribution in [0.2, 0.25) is 0 Å². The van der Waals surface area contributed by atoms with Crippen LogP contribution in [0.5, 0.6) is 0 Å². The van der Waals surface area contributed by atoms with Gasteiger partial charge in [-0.2, -0.15) is 0 Å². The van der Waals surface area contributed by atoms with E-state index in [0.717, 1.165) is 6.42 Å². The van der Waals surface area contributed by atoms with Gasteiger partial charge in [0.15, 0.2) is 0 Å². The second kappa shape index (κ2) is 5.86. The molecule has 17 heavy (non-hydrogen) atoms. The maximum atomic E-state index is 11.8. The summed E-state index contributed by atoms with van der Waals surface area (Å²) in [7, 11) is 1.71. The molecule has 1 rings (SSSR count). The topological polar surface area (TPSA) is 78.9 Å². The molecule has 0 bridgehead atoms. The molecule has 1 aliphatic rings. The molecule has 1 fully saturated rings. The smallest absolute Gasteiger partial charge is 0.317 e. The van der Waals surface area contributed by atoms with Crippen molar-refractivity contribution in [3.63, 3.8) is 0 Å². The van der Waals surface area contributed by atoms with Crippen LogP contribution in [-0.2, 0) is 9.53 Å². The molecule has 2 N–H and O–H groups in total. The van der Waals surface area contributed by atoms with Gasteiger partial charge < -0.3 is 20.1 Å². The SMILES string of the molecule is CC(CC(=O)O)NC(=O)N(C)C1CCOC1C. The molecule has 1 saturated heterocycles. The lowest BCUT2D eigenvalue weighted by atomic mass is 10.1. The summed E-state index contributed by atoms with van der Waals surface area (Å²) < 4.78 is 5.39. The highest BCUT2D eigenvalue weighted by Gasteiger charge is 2.31. The van der Waals surface area contributed by atoms with Gasteiger partial charge in [0.05, 0.1) is 18.6 Å². The number of amides is 2. The van der Waals surface area contributed by atoms with Crippen molar-refractivity contribution in [3.8, 4) is 0 Å². The highest BCUT2D eigenvalue weighted by atomic mass is 16.5. The van der Waals surface area contributed by atoms with Gasteiger partial charge >= 0.3 is 12.0 Å². The molecule has 0 aromatic carbocycles. The number of carbonyl (C=O) groups is 2. The quantitative estimate of drug-likeness (QED) is 0.761. The van der Waals surface area contributed by atoms with E-state index in [1.165, 1.54) is 0 Å². The molecule has 1 heterocycles. The summed E-state index contributed by atoms with van der Waals surface area (Å²) in [4.78, 5) is 23.9. The minimum atomic E-state index is -0.918. The van der Waals surface area contributed by atoms with E-state index >= 15 is 0 Å². The third kappa shape index (κ3) is 3.89. The molecule has 3 atom stereocenters. The molecular weight excluding hydrogens is 224 g/mol. The van der Waals surface area contributed by atoms with Crippen LogP contribution in [0.15, 0.2) is 0 Å². The van der Waals surface area contributed by atoms with E-state index in [9.17, 15) is 9.59 Å². The van der Waals surface area contributed by atoms with Gasteiger partial charge in [0.25, 0.3) is 0 Å². The van der Waals surface area contributed by atoms with Crippen LogP contribution in [0.3, 0.4) is 0 Å².